The van der Waals surface area contributed by atoms with Gasteiger partial charge in [0, 0.05) is 13.2 Å². The summed E-state index contributed by atoms with van der Waals surface area (Å²) in [6, 6.07) is 5.97. The number of ether oxygens (including phenoxy) is 3. The summed E-state index contributed by atoms with van der Waals surface area (Å²) in [7, 11) is 0. The van der Waals surface area contributed by atoms with Gasteiger partial charge in [-0.05, 0) is 38.0 Å². The zero-order valence-electron chi connectivity index (χ0n) is 13.6. The van der Waals surface area contributed by atoms with Crippen LogP contribution in [0.4, 0.5) is 0 Å². The van der Waals surface area contributed by atoms with E-state index in [-0.39, 0.29) is 17.4 Å². The van der Waals surface area contributed by atoms with Crippen LogP contribution in [0.2, 0.25) is 0 Å². The van der Waals surface area contributed by atoms with Crippen molar-refractivity contribution >= 4 is 17.7 Å². The van der Waals surface area contributed by atoms with Gasteiger partial charge in [-0.2, -0.15) is 0 Å². The summed E-state index contributed by atoms with van der Waals surface area (Å²) in [6.07, 6.45) is 1.08. The molecule has 2 aliphatic heterocycles. The number of thioether (sulfide) groups is 1. The number of hydrogen-bond acceptors (Lipinski definition) is 5. The fourth-order valence-electron chi connectivity index (χ4n) is 2.74. The molecule has 0 bridgehead atoms. The minimum Gasteiger partial charge on any atom is -0.486 e. The lowest BCUT2D eigenvalue weighted by Crippen LogP contribution is -2.30. The minimum absolute atomic E-state index is 0.0531. The number of hydrogen-bond donors (Lipinski definition) is 0. The Morgan fingerprint density at radius 1 is 1.30 bits per heavy atom. The SMILES string of the molecule is CC(C)OCCCN1C(=O)CSC1c1ccc2c(c1)OCCO2. The fourth-order valence-corrected chi connectivity index (χ4v) is 3.95. The van der Waals surface area contributed by atoms with Crippen LogP contribution in [0, 0.1) is 0 Å². The van der Waals surface area contributed by atoms with Gasteiger partial charge in [-0.3, -0.25) is 4.79 Å². The van der Waals surface area contributed by atoms with Gasteiger partial charge in [-0.1, -0.05) is 6.07 Å². The summed E-state index contributed by atoms with van der Waals surface area (Å²) in [5.41, 5.74) is 1.09. The van der Waals surface area contributed by atoms with Crippen LogP contribution in [0.5, 0.6) is 11.5 Å². The summed E-state index contributed by atoms with van der Waals surface area (Å²) in [5.74, 6) is 2.28. The average Bonchev–Trinajstić information content (AvgIpc) is 2.92. The molecule has 23 heavy (non-hydrogen) atoms. The summed E-state index contributed by atoms with van der Waals surface area (Å²) < 4.78 is 16.8. The maximum Gasteiger partial charge on any atom is 0.233 e. The van der Waals surface area contributed by atoms with Gasteiger partial charge in [-0.15, -0.1) is 11.8 Å². The molecule has 1 unspecified atom stereocenters. The highest BCUT2D eigenvalue weighted by molar-refractivity contribution is 8.00. The van der Waals surface area contributed by atoms with Crippen LogP contribution in [0.1, 0.15) is 31.2 Å². The second-order valence-electron chi connectivity index (χ2n) is 5.93. The quantitative estimate of drug-likeness (QED) is 0.747. The lowest BCUT2D eigenvalue weighted by atomic mass is 10.1. The minimum atomic E-state index is 0.0531. The van der Waals surface area contributed by atoms with E-state index in [2.05, 4.69) is 0 Å². The van der Waals surface area contributed by atoms with E-state index < -0.39 is 0 Å². The Hall–Kier alpha value is -1.40. The number of carbonyl (C=O) groups is 1. The second kappa shape index (κ2) is 7.45. The highest BCUT2D eigenvalue weighted by Crippen LogP contribution is 2.42. The molecule has 1 aromatic rings. The normalized spacial score (nSPS) is 20.4. The Labute approximate surface area is 141 Å². The molecule has 6 heteroatoms. The van der Waals surface area contributed by atoms with Gasteiger partial charge < -0.3 is 19.1 Å². The molecule has 0 aromatic heterocycles. The van der Waals surface area contributed by atoms with Crippen molar-refractivity contribution in [1.29, 1.82) is 0 Å². The molecule has 0 radical (unpaired) electrons. The summed E-state index contributed by atoms with van der Waals surface area (Å²) >= 11 is 1.67. The first-order valence-corrected chi connectivity index (χ1v) is 9.12. The summed E-state index contributed by atoms with van der Waals surface area (Å²) in [4.78, 5) is 14.1. The number of nitrogens with zero attached hydrogens (tertiary/aromatic N) is 1. The van der Waals surface area contributed by atoms with E-state index in [0.29, 0.717) is 25.6 Å². The molecule has 0 saturated carbocycles. The Bertz CT molecular complexity index is 564. The largest absolute Gasteiger partial charge is 0.486 e. The highest BCUT2D eigenvalue weighted by Gasteiger charge is 2.33. The van der Waals surface area contributed by atoms with Crippen molar-refractivity contribution in [1.82, 2.24) is 4.90 Å². The monoisotopic (exact) mass is 337 g/mol. The van der Waals surface area contributed by atoms with Crippen LogP contribution >= 0.6 is 11.8 Å². The van der Waals surface area contributed by atoms with Crippen molar-refractivity contribution in [2.75, 3.05) is 32.1 Å². The third-order valence-corrected chi connectivity index (χ3v) is 5.07. The lowest BCUT2D eigenvalue weighted by Gasteiger charge is -2.26. The van der Waals surface area contributed by atoms with E-state index in [4.69, 9.17) is 14.2 Å². The van der Waals surface area contributed by atoms with Crippen molar-refractivity contribution in [3.8, 4) is 11.5 Å². The first kappa shape index (κ1) is 16.5. The fraction of sp³-hybridized carbons (Fsp3) is 0.588. The predicted octanol–water partition coefficient (Wildman–Crippen LogP) is 2.85. The number of fused-ring (bicyclic) bond motifs is 1. The molecule has 0 N–H and O–H groups in total. The van der Waals surface area contributed by atoms with E-state index in [1.54, 1.807) is 11.8 Å². The number of benzene rings is 1. The van der Waals surface area contributed by atoms with E-state index in [9.17, 15) is 4.79 Å². The number of carbonyl (C=O) groups excluding carboxylic acids is 1. The molecule has 3 rings (SSSR count). The molecule has 1 saturated heterocycles. The lowest BCUT2D eigenvalue weighted by molar-refractivity contribution is -0.128. The zero-order valence-corrected chi connectivity index (χ0v) is 14.4. The third kappa shape index (κ3) is 3.93. The first-order chi connectivity index (χ1) is 11.1. The molecule has 1 fully saturated rings. The Balaban J connectivity index is 1.66. The van der Waals surface area contributed by atoms with E-state index in [1.807, 2.05) is 36.9 Å². The molecule has 5 nitrogen and oxygen atoms in total. The predicted molar refractivity (Wildman–Crippen MR) is 90.0 cm³/mol. The number of amides is 1. The smallest absolute Gasteiger partial charge is 0.233 e. The zero-order chi connectivity index (χ0) is 16.2. The Kier molecular flexibility index (Phi) is 5.33. The average molecular weight is 337 g/mol. The van der Waals surface area contributed by atoms with Gasteiger partial charge in [0.05, 0.1) is 11.9 Å². The van der Waals surface area contributed by atoms with Gasteiger partial charge in [0.15, 0.2) is 11.5 Å². The van der Waals surface area contributed by atoms with Crippen molar-refractivity contribution in [3.63, 3.8) is 0 Å². The molecule has 126 valence electrons. The third-order valence-electron chi connectivity index (χ3n) is 3.81. The summed E-state index contributed by atoms with van der Waals surface area (Å²) in [5, 5.41) is 0.0531. The molecular weight excluding hydrogens is 314 g/mol. The molecule has 1 aromatic carbocycles. The van der Waals surface area contributed by atoms with Crippen LogP contribution in [0.15, 0.2) is 18.2 Å². The Morgan fingerprint density at radius 3 is 2.87 bits per heavy atom. The molecular formula is C17H23NO4S. The Morgan fingerprint density at radius 2 is 2.09 bits per heavy atom. The van der Waals surface area contributed by atoms with Crippen LogP contribution in [-0.4, -0.2) is 49.0 Å². The second-order valence-corrected chi connectivity index (χ2v) is 7.00. The molecule has 0 spiro atoms. The molecule has 1 atom stereocenters. The van der Waals surface area contributed by atoms with Gasteiger partial charge in [0.1, 0.15) is 18.6 Å². The maximum atomic E-state index is 12.2. The van der Waals surface area contributed by atoms with Gasteiger partial charge in [-0.25, -0.2) is 0 Å². The standard InChI is InChI=1S/C17H23NO4S/c1-12(2)20-7-3-6-18-16(19)11-23-17(18)13-4-5-14-15(10-13)22-9-8-21-14/h4-5,10,12,17H,3,6-9,11H2,1-2H3. The van der Waals surface area contributed by atoms with E-state index in [0.717, 1.165) is 30.0 Å². The highest BCUT2D eigenvalue weighted by atomic mass is 32.2. The molecule has 0 aliphatic carbocycles. The van der Waals surface area contributed by atoms with Crippen LogP contribution in [0.3, 0.4) is 0 Å². The number of rotatable bonds is 6. The van der Waals surface area contributed by atoms with Crippen molar-refractivity contribution in [3.05, 3.63) is 23.8 Å². The topological polar surface area (TPSA) is 48.0 Å². The van der Waals surface area contributed by atoms with Crippen LogP contribution in [-0.2, 0) is 9.53 Å². The van der Waals surface area contributed by atoms with Crippen molar-refractivity contribution < 1.29 is 19.0 Å². The van der Waals surface area contributed by atoms with Crippen LogP contribution < -0.4 is 9.47 Å². The van der Waals surface area contributed by atoms with Crippen molar-refractivity contribution in [2.24, 2.45) is 0 Å². The van der Waals surface area contributed by atoms with E-state index >= 15 is 0 Å². The van der Waals surface area contributed by atoms with E-state index in [1.165, 1.54) is 0 Å². The first-order valence-electron chi connectivity index (χ1n) is 8.07. The van der Waals surface area contributed by atoms with Gasteiger partial charge >= 0.3 is 0 Å². The van der Waals surface area contributed by atoms with Crippen molar-refractivity contribution in [2.45, 2.75) is 31.7 Å². The van der Waals surface area contributed by atoms with Crippen LogP contribution in [0.25, 0.3) is 0 Å². The van der Waals surface area contributed by atoms with Gasteiger partial charge in [0.25, 0.3) is 0 Å². The molecule has 1 amide bonds. The summed E-state index contributed by atoms with van der Waals surface area (Å²) in [6.45, 7) is 6.61. The van der Waals surface area contributed by atoms with Gasteiger partial charge in [0.2, 0.25) is 5.91 Å². The maximum absolute atomic E-state index is 12.2. The molecule has 2 heterocycles. The molecule has 2 aliphatic rings.